The minimum atomic E-state index is -2.79. The first-order valence-electron chi connectivity index (χ1n) is 10.3. The fourth-order valence-electron chi connectivity index (χ4n) is 4.64. The van der Waals surface area contributed by atoms with Gasteiger partial charge in [0.25, 0.3) is 12.3 Å². The lowest BCUT2D eigenvalue weighted by Crippen LogP contribution is -2.61. The number of benzene rings is 1. The second kappa shape index (κ2) is 8.64. The predicted molar refractivity (Wildman–Crippen MR) is 102 cm³/mol. The minimum absolute atomic E-state index is 0.0425. The van der Waals surface area contributed by atoms with E-state index in [2.05, 4.69) is 5.32 Å². The molecule has 1 unspecified atom stereocenters. The number of allylic oxidation sites excluding steroid dienone is 1. The van der Waals surface area contributed by atoms with Crippen LogP contribution in [0.1, 0.15) is 24.8 Å². The van der Waals surface area contributed by atoms with Gasteiger partial charge < -0.3 is 20.2 Å². The molecule has 3 heterocycles. The second-order valence-corrected chi connectivity index (χ2v) is 8.28. The first kappa shape index (κ1) is 23.0. The Labute approximate surface area is 184 Å². The van der Waals surface area contributed by atoms with Crippen molar-refractivity contribution in [3.8, 4) is 0 Å². The number of amides is 2. The highest BCUT2D eigenvalue weighted by molar-refractivity contribution is 6.13. The number of hydrogen-bond donors (Lipinski definition) is 2. The van der Waals surface area contributed by atoms with Gasteiger partial charge in [0, 0.05) is 43.4 Å². The molecule has 2 saturated heterocycles. The highest BCUT2D eigenvalue weighted by atomic mass is 19.3. The zero-order chi connectivity index (χ0) is 24.0. The molecule has 178 valence electrons. The van der Waals surface area contributed by atoms with E-state index in [1.54, 1.807) is 0 Å². The molecule has 0 spiro atoms. The van der Waals surface area contributed by atoms with Gasteiger partial charge in [0.2, 0.25) is 11.7 Å². The molecule has 3 atom stereocenters. The van der Waals surface area contributed by atoms with Crippen molar-refractivity contribution >= 4 is 17.6 Å². The van der Waals surface area contributed by atoms with Crippen LogP contribution in [0.5, 0.6) is 0 Å². The summed E-state index contributed by atoms with van der Waals surface area (Å²) in [4.78, 5) is 40.5. The Morgan fingerprint density at radius 1 is 1.09 bits per heavy atom. The third-order valence-corrected chi connectivity index (χ3v) is 6.34. The number of ketones is 1. The van der Waals surface area contributed by atoms with Crippen LogP contribution < -0.4 is 5.32 Å². The molecule has 0 saturated carbocycles. The quantitative estimate of drug-likeness (QED) is 0.516. The van der Waals surface area contributed by atoms with Gasteiger partial charge in [0.05, 0.1) is 6.04 Å². The number of rotatable bonds is 4. The molecule has 3 aliphatic rings. The number of piperazine rings is 1. The van der Waals surface area contributed by atoms with Gasteiger partial charge in [-0.15, -0.1) is 0 Å². The van der Waals surface area contributed by atoms with Gasteiger partial charge in [-0.05, 0) is 19.3 Å². The summed E-state index contributed by atoms with van der Waals surface area (Å²) in [6.45, 7) is -1.02. The summed E-state index contributed by atoms with van der Waals surface area (Å²) < 4.78 is 67.6. The Kier molecular flexibility index (Phi) is 6.02. The Morgan fingerprint density at radius 2 is 1.76 bits per heavy atom. The largest absolute Gasteiger partial charge is 0.503 e. The number of alkyl halides is 2. The average molecular weight is 473 g/mol. The molecule has 0 radical (unpaired) electrons. The monoisotopic (exact) mass is 473 g/mol. The van der Waals surface area contributed by atoms with E-state index < -0.39 is 83.0 Å². The number of aliphatic hydroxyl groups is 1. The Hall–Kier alpha value is -3.18. The van der Waals surface area contributed by atoms with Crippen molar-refractivity contribution in [2.45, 2.75) is 44.3 Å². The van der Waals surface area contributed by atoms with Gasteiger partial charge >= 0.3 is 0 Å². The molecule has 2 amide bonds. The van der Waals surface area contributed by atoms with Crippen molar-refractivity contribution in [2.24, 2.45) is 5.92 Å². The summed E-state index contributed by atoms with van der Waals surface area (Å²) in [5.74, 6) is -9.03. The van der Waals surface area contributed by atoms with Crippen LogP contribution in [0.3, 0.4) is 0 Å². The molecule has 4 rings (SSSR count). The van der Waals surface area contributed by atoms with Gasteiger partial charge in [0.15, 0.2) is 5.76 Å². The molecule has 2 bridgehead atoms. The first-order chi connectivity index (χ1) is 15.6. The van der Waals surface area contributed by atoms with Crippen molar-refractivity contribution in [1.29, 1.82) is 0 Å². The maximum Gasteiger partial charge on any atom is 0.274 e. The smallest absolute Gasteiger partial charge is 0.274 e. The standard InChI is InChI=1S/C21H20F5N3O4/c22-9-4-13(23)11(14(24)5-9)6-27-20(32)12-8-28-10-2-1-3-15(19(25)26)29(7-10)21(33)16(28)18(31)17(12)30/h4-5,10,12,15,19,31H,1-3,6-8H2,(H,27,32)/t10-,12?,15+/m0/s1. The van der Waals surface area contributed by atoms with E-state index >= 15 is 0 Å². The maximum absolute atomic E-state index is 13.8. The third-order valence-electron chi connectivity index (χ3n) is 6.34. The van der Waals surface area contributed by atoms with Gasteiger partial charge in [-0.3, -0.25) is 14.4 Å². The van der Waals surface area contributed by atoms with E-state index in [1.807, 2.05) is 0 Å². The summed E-state index contributed by atoms with van der Waals surface area (Å²) >= 11 is 0. The van der Waals surface area contributed by atoms with Crippen molar-refractivity contribution in [3.63, 3.8) is 0 Å². The van der Waals surface area contributed by atoms with E-state index in [4.69, 9.17) is 0 Å². The summed E-state index contributed by atoms with van der Waals surface area (Å²) in [6.07, 6.45) is -1.94. The lowest BCUT2D eigenvalue weighted by Gasteiger charge is -2.46. The van der Waals surface area contributed by atoms with Crippen LogP contribution in [0.15, 0.2) is 23.6 Å². The molecule has 7 nitrogen and oxygen atoms in total. The third kappa shape index (κ3) is 4.02. The van der Waals surface area contributed by atoms with Crippen LogP contribution in [0.2, 0.25) is 0 Å². The summed E-state index contributed by atoms with van der Waals surface area (Å²) in [5, 5.41) is 12.7. The van der Waals surface area contributed by atoms with E-state index in [-0.39, 0.29) is 19.5 Å². The number of carbonyl (C=O) groups is 3. The molecule has 12 heteroatoms. The molecule has 0 aliphatic carbocycles. The van der Waals surface area contributed by atoms with Crippen LogP contribution in [0.25, 0.3) is 0 Å². The first-order valence-corrected chi connectivity index (χ1v) is 10.3. The zero-order valence-electron chi connectivity index (χ0n) is 17.2. The minimum Gasteiger partial charge on any atom is -0.503 e. The Balaban J connectivity index is 1.56. The fraction of sp³-hybridized carbons (Fsp3) is 0.476. The lowest BCUT2D eigenvalue weighted by atomic mass is 9.91. The molecule has 33 heavy (non-hydrogen) atoms. The van der Waals surface area contributed by atoms with E-state index in [9.17, 15) is 41.4 Å². The summed E-state index contributed by atoms with van der Waals surface area (Å²) in [6, 6.07) is -0.928. The lowest BCUT2D eigenvalue weighted by molar-refractivity contribution is -0.145. The Bertz CT molecular complexity index is 1020. The average Bonchev–Trinajstić information content (AvgIpc) is 2.94. The normalized spacial score (nSPS) is 25.3. The van der Waals surface area contributed by atoms with Crippen molar-refractivity contribution < 1.29 is 41.4 Å². The van der Waals surface area contributed by atoms with E-state index in [0.29, 0.717) is 25.0 Å². The highest BCUT2D eigenvalue weighted by Gasteiger charge is 2.50. The van der Waals surface area contributed by atoms with Crippen LogP contribution in [-0.4, -0.2) is 64.1 Å². The van der Waals surface area contributed by atoms with Crippen LogP contribution in [0.4, 0.5) is 22.0 Å². The molecular weight excluding hydrogens is 453 g/mol. The summed E-state index contributed by atoms with van der Waals surface area (Å²) in [7, 11) is 0. The number of nitrogens with zero attached hydrogens (tertiary/aromatic N) is 2. The molecule has 2 N–H and O–H groups in total. The molecule has 3 aliphatic heterocycles. The molecule has 0 aromatic heterocycles. The van der Waals surface area contributed by atoms with Gasteiger partial charge in [-0.2, -0.15) is 0 Å². The second-order valence-electron chi connectivity index (χ2n) is 8.28. The van der Waals surface area contributed by atoms with Crippen molar-refractivity contribution in [2.75, 3.05) is 13.1 Å². The zero-order valence-corrected chi connectivity index (χ0v) is 17.2. The van der Waals surface area contributed by atoms with Crippen molar-refractivity contribution in [3.05, 3.63) is 46.6 Å². The molecule has 1 aromatic carbocycles. The number of Topliss-reactive ketones (excluding diaryl/α,β-unsaturated/α-hetero) is 1. The Morgan fingerprint density at radius 3 is 2.39 bits per heavy atom. The van der Waals surface area contributed by atoms with Crippen LogP contribution in [0, 0.1) is 23.4 Å². The van der Waals surface area contributed by atoms with Gasteiger partial charge in [-0.1, -0.05) is 0 Å². The SMILES string of the molecule is O=C(NCc1c(F)cc(F)cc1F)C1CN2C(=C(O)C1=O)C(=O)N1C[C@@H]2CCC[C@@H]1C(F)F. The van der Waals surface area contributed by atoms with Gasteiger partial charge in [-0.25, -0.2) is 22.0 Å². The number of halogens is 5. The molecule has 2 fully saturated rings. The molecule has 1 aromatic rings. The number of nitrogens with one attached hydrogen (secondary N) is 1. The summed E-state index contributed by atoms with van der Waals surface area (Å²) in [5.41, 5.74) is -1.03. The number of carbonyl (C=O) groups excluding carboxylic acids is 3. The number of hydrogen-bond acceptors (Lipinski definition) is 5. The fourth-order valence-corrected chi connectivity index (χ4v) is 4.64. The van der Waals surface area contributed by atoms with Gasteiger partial charge in [0.1, 0.15) is 29.1 Å². The van der Waals surface area contributed by atoms with E-state index in [1.165, 1.54) is 4.90 Å². The van der Waals surface area contributed by atoms with Crippen molar-refractivity contribution in [1.82, 2.24) is 15.1 Å². The van der Waals surface area contributed by atoms with Crippen LogP contribution in [-0.2, 0) is 20.9 Å². The topological polar surface area (TPSA) is 90.0 Å². The number of fused-ring (bicyclic) bond motifs is 4. The molecular formula is C21H20F5N3O4. The number of aliphatic hydroxyl groups excluding tert-OH is 1. The van der Waals surface area contributed by atoms with Crippen LogP contribution >= 0.6 is 0 Å². The van der Waals surface area contributed by atoms with E-state index in [0.717, 1.165) is 4.90 Å². The predicted octanol–water partition coefficient (Wildman–Crippen LogP) is 2.02. The maximum atomic E-state index is 13.8. The highest BCUT2D eigenvalue weighted by Crippen LogP contribution is 2.36.